The molecule has 0 saturated carbocycles. The summed E-state index contributed by atoms with van der Waals surface area (Å²) in [7, 11) is 1.65. The Morgan fingerprint density at radius 1 is 0.824 bits per heavy atom. The summed E-state index contributed by atoms with van der Waals surface area (Å²) in [5, 5.41) is 0. The largest absolute Gasteiger partial charge is 0.493 e. The van der Waals surface area contributed by atoms with E-state index in [1.807, 2.05) is 42.5 Å². The number of para-hydroxylation sites is 3. The van der Waals surface area contributed by atoms with Gasteiger partial charge >= 0.3 is 0 Å². The van der Waals surface area contributed by atoms with E-state index >= 15 is 0 Å². The molecule has 2 aromatic carbocycles. The smallest absolute Gasteiger partial charge is 0.169 e. The van der Waals surface area contributed by atoms with Gasteiger partial charge in [0.2, 0.25) is 0 Å². The fourth-order valence-corrected chi connectivity index (χ4v) is 1.72. The molecular weight excluding hydrogens is 212 g/mol. The van der Waals surface area contributed by atoms with Crippen LogP contribution in [0.1, 0.15) is 12.5 Å². The second-order valence-corrected chi connectivity index (χ2v) is 3.71. The molecule has 2 aromatic rings. The van der Waals surface area contributed by atoms with Crippen molar-refractivity contribution in [2.24, 2.45) is 0 Å². The molecule has 0 unspecified atom stereocenters. The monoisotopic (exact) mass is 228 g/mol. The minimum Gasteiger partial charge on any atom is -0.493 e. The van der Waals surface area contributed by atoms with Crippen LogP contribution in [0.2, 0.25) is 0 Å². The van der Waals surface area contributed by atoms with Crippen LogP contribution in [0.5, 0.6) is 17.2 Å². The van der Waals surface area contributed by atoms with E-state index < -0.39 is 0 Å². The normalized spacial score (nSPS) is 10.0. The lowest BCUT2D eigenvalue weighted by Gasteiger charge is -2.12. The van der Waals surface area contributed by atoms with Gasteiger partial charge in [0.05, 0.1) is 7.11 Å². The van der Waals surface area contributed by atoms with E-state index in [4.69, 9.17) is 9.47 Å². The summed E-state index contributed by atoms with van der Waals surface area (Å²) >= 11 is 0. The predicted octanol–water partition coefficient (Wildman–Crippen LogP) is 4.05. The summed E-state index contributed by atoms with van der Waals surface area (Å²) in [6.07, 6.45) is 0.950. The summed E-state index contributed by atoms with van der Waals surface area (Å²) in [6, 6.07) is 15.7. The Morgan fingerprint density at radius 3 is 2.06 bits per heavy atom. The highest BCUT2D eigenvalue weighted by atomic mass is 16.5. The molecule has 0 atom stereocenters. The van der Waals surface area contributed by atoms with Crippen LogP contribution in [0.3, 0.4) is 0 Å². The summed E-state index contributed by atoms with van der Waals surface area (Å²) in [5.74, 6) is 2.38. The number of hydrogen-bond donors (Lipinski definition) is 0. The molecular formula is C15H16O2. The SMILES string of the molecule is CCc1ccccc1Oc1ccccc1OC. The second-order valence-electron chi connectivity index (χ2n) is 3.71. The van der Waals surface area contributed by atoms with Crippen LogP contribution in [-0.2, 0) is 6.42 Å². The fourth-order valence-electron chi connectivity index (χ4n) is 1.72. The highest BCUT2D eigenvalue weighted by Gasteiger charge is 2.06. The van der Waals surface area contributed by atoms with Gasteiger partial charge in [-0.25, -0.2) is 0 Å². The Hall–Kier alpha value is -1.96. The van der Waals surface area contributed by atoms with Gasteiger partial charge in [-0.15, -0.1) is 0 Å². The first kappa shape index (κ1) is 11.5. The maximum Gasteiger partial charge on any atom is 0.169 e. The van der Waals surface area contributed by atoms with Gasteiger partial charge in [0.15, 0.2) is 11.5 Å². The predicted molar refractivity (Wildman–Crippen MR) is 68.9 cm³/mol. The van der Waals surface area contributed by atoms with Gasteiger partial charge in [-0.1, -0.05) is 37.3 Å². The zero-order valence-corrected chi connectivity index (χ0v) is 10.1. The van der Waals surface area contributed by atoms with Crippen LogP contribution in [-0.4, -0.2) is 7.11 Å². The van der Waals surface area contributed by atoms with Crippen molar-refractivity contribution in [3.63, 3.8) is 0 Å². The van der Waals surface area contributed by atoms with Crippen molar-refractivity contribution in [2.75, 3.05) is 7.11 Å². The number of ether oxygens (including phenoxy) is 2. The molecule has 2 nitrogen and oxygen atoms in total. The molecule has 0 fully saturated rings. The first-order chi connectivity index (χ1) is 8.35. The first-order valence-electron chi connectivity index (χ1n) is 5.74. The molecule has 88 valence electrons. The van der Waals surface area contributed by atoms with E-state index in [0.29, 0.717) is 0 Å². The van der Waals surface area contributed by atoms with Crippen LogP contribution in [0.15, 0.2) is 48.5 Å². The van der Waals surface area contributed by atoms with Gasteiger partial charge in [-0.05, 0) is 30.2 Å². The van der Waals surface area contributed by atoms with Crippen LogP contribution < -0.4 is 9.47 Å². The lowest BCUT2D eigenvalue weighted by molar-refractivity contribution is 0.377. The number of rotatable bonds is 4. The van der Waals surface area contributed by atoms with E-state index in [9.17, 15) is 0 Å². The number of hydrogen-bond acceptors (Lipinski definition) is 2. The molecule has 17 heavy (non-hydrogen) atoms. The van der Waals surface area contributed by atoms with Crippen molar-refractivity contribution < 1.29 is 9.47 Å². The third kappa shape index (κ3) is 2.59. The van der Waals surface area contributed by atoms with Gasteiger partial charge in [-0.3, -0.25) is 0 Å². The summed E-state index contributed by atoms with van der Waals surface area (Å²) < 4.78 is 11.2. The van der Waals surface area contributed by atoms with Gasteiger partial charge in [-0.2, -0.15) is 0 Å². The molecule has 0 radical (unpaired) electrons. The quantitative estimate of drug-likeness (QED) is 0.786. The molecule has 0 bridgehead atoms. The van der Waals surface area contributed by atoms with Gasteiger partial charge in [0.1, 0.15) is 5.75 Å². The molecule has 0 heterocycles. The van der Waals surface area contributed by atoms with Gasteiger partial charge < -0.3 is 9.47 Å². The molecule has 2 rings (SSSR count). The van der Waals surface area contributed by atoms with Crippen molar-refractivity contribution in [1.82, 2.24) is 0 Å². The molecule has 0 aliphatic rings. The van der Waals surface area contributed by atoms with Crippen LogP contribution in [0.25, 0.3) is 0 Å². The third-order valence-electron chi connectivity index (χ3n) is 2.64. The molecule has 0 spiro atoms. The number of methoxy groups -OCH3 is 1. The topological polar surface area (TPSA) is 18.5 Å². The number of benzene rings is 2. The Balaban J connectivity index is 2.31. The zero-order valence-electron chi connectivity index (χ0n) is 10.1. The standard InChI is InChI=1S/C15H16O2/c1-3-12-8-4-5-9-13(12)17-15-11-7-6-10-14(15)16-2/h4-11H,3H2,1-2H3. The molecule has 0 aliphatic heterocycles. The lowest BCUT2D eigenvalue weighted by atomic mass is 10.1. The molecule has 2 heteroatoms. The van der Waals surface area contributed by atoms with Crippen LogP contribution >= 0.6 is 0 Å². The van der Waals surface area contributed by atoms with E-state index in [0.717, 1.165) is 23.7 Å². The van der Waals surface area contributed by atoms with Crippen molar-refractivity contribution in [3.8, 4) is 17.2 Å². The van der Waals surface area contributed by atoms with E-state index in [1.54, 1.807) is 7.11 Å². The molecule has 0 aliphatic carbocycles. The summed E-state index contributed by atoms with van der Waals surface area (Å²) in [5.41, 5.74) is 1.19. The zero-order chi connectivity index (χ0) is 12.1. The van der Waals surface area contributed by atoms with Crippen molar-refractivity contribution in [3.05, 3.63) is 54.1 Å². The van der Waals surface area contributed by atoms with E-state index in [-0.39, 0.29) is 0 Å². The van der Waals surface area contributed by atoms with Crippen molar-refractivity contribution in [1.29, 1.82) is 0 Å². The molecule has 0 aromatic heterocycles. The van der Waals surface area contributed by atoms with Crippen molar-refractivity contribution >= 4 is 0 Å². The minimum absolute atomic E-state index is 0.746. The Bertz CT molecular complexity index is 446. The molecule has 0 amide bonds. The van der Waals surface area contributed by atoms with Crippen LogP contribution in [0.4, 0.5) is 0 Å². The Labute approximate surface area is 102 Å². The molecule has 0 N–H and O–H groups in total. The van der Waals surface area contributed by atoms with Crippen molar-refractivity contribution in [2.45, 2.75) is 13.3 Å². The fraction of sp³-hybridized carbons (Fsp3) is 0.200. The third-order valence-corrected chi connectivity index (χ3v) is 2.64. The highest BCUT2D eigenvalue weighted by Crippen LogP contribution is 2.32. The maximum absolute atomic E-state index is 5.90. The average molecular weight is 228 g/mol. The minimum atomic E-state index is 0.746. The average Bonchev–Trinajstić information content (AvgIpc) is 2.40. The van der Waals surface area contributed by atoms with E-state index in [1.165, 1.54) is 5.56 Å². The van der Waals surface area contributed by atoms with Crippen LogP contribution in [0, 0.1) is 0 Å². The number of aryl methyl sites for hydroxylation is 1. The summed E-state index contributed by atoms with van der Waals surface area (Å²) in [6.45, 7) is 2.12. The first-order valence-corrected chi connectivity index (χ1v) is 5.74. The molecule has 0 saturated heterocycles. The highest BCUT2D eigenvalue weighted by molar-refractivity contribution is 5.44. The van der Waals surface area contributed by atoms with Gasteiger partial charge in [0, 0.05) is 0 Å². The summed E-state index contributed by atoms with van der Waals surface area (Å²) in [4.78, 5) is 0. The Kier molecular flexibility index (Phi) is 3.66. The van der Waals surface area contributed by atoms with E-state index in [2.05, 4.69) is 13.0 Å². The Morgan fingerprint density at radius 2 is 1.41 bits per heavy atom. The maximum atomic E-state index is 5.90. The second kappa shape index (κ2) is 5.39. The lowest BCUT2D eigenvalue weighted by Crippen LogP contribution is -1.92. The van der Waals surface area contributed by atoms with Gasteiger partial charge in [0.25, 0.3) is 0 Å².